The van der Waals surface area contributed by atoms with Crippen LogP contribution < -0.4 is 16.4 Å². The van der Waals surface area contributed by atoms with Crippen molar-refractivity contribution in [2.75, 3.05) is 23.8 Å². The summed E-state index contributed by atoms with van der Waals surface area (Å²) in [6.07, 6.45) is 0.648. The second kappa shape index (κ2) is 9.97. The lowest BCUT2D eigenvalue weighted by Gasteiger charge is -2.11. The van der Waals surface area contributed by atoms with E-state index in [0.717, 1.165) is 9.79 Å². The fraction of sp³-hybridized carbons (Fsp3) is 0.235. The average Bonchev–Trinajstić information content (AvgIpc) is 2.55. The second-order valence-corrected chi connectivity index (χ2v) is 6.71. The number of nitrogens with zero attached hydrogens (tertiary/aromatic N) is 2. The van der Waals surface area contributed by atoms with Crippen molar-refractivity contribution in [1.29, 1.82) is 0 Å². The number of rotatable bonds is 7. The van der Waals surface area contributed by atoms with Gasteiger partial charge in [0.2, 0.25) is 0 Å². The number of aliphatic imine (C=N–C) groups is 1. The van der Waals surface area contributed by atoms with Gasteiger partial charge in [-0.15, -0.1) is 0 Å². The standard InChI is InChI=1S/C17H21N5OS2/c1-12(18)20-17(24)22-16-11-14(25-13-6-3-2-4-7-13)10-15(21-16)19-8-5-9-23/h2-4,6-7,10-11,23H,5,8-9H2,1H3,(H4,18,19,20,21,22,24). The number of pyridine rings is 1. The van der Waals surface area contributed by atoms with Crippen LogP contribution in [0.2, 0.25) is 0 Å². The lowest BCUT2D eigenvalue weighted by Crippen LogP contribution is -2.15. The predicted molar refractivity (Wildman–Crippen MR) is 109 cm³/mol. The Hall–Kier alpha value is -2.16. The summed E-state index contributed by atoms with van der Waals surface area (Å²) in [7, 11) is 0. The summed E-state index contributed by atoms with van der Waals surface area (Å²) in [4.78, 5) is 10.6. The first kappa shape index (κ1) is 19.2. The highest BCUT2D eigenvalue weighted by molar-refractivity contribution is 7.99. The lowest BCUT2D eigenvalue weighted by atomic mass is 10.4. The van der Waals surface area contributed by atoms with Crippen molar-refractivity contribution in [3.63, 3.8) is 0 Å². The zero-order valence-corrected chi connectivity index (χ0v) is 15.5. The van der Waals surface area contributed by atoms with Crippen molar-refractivity contribution < 1.29 is 5.11 Å². The Balaban J connectivity index is 2.21. The van der Waals surface area contributed by atoms with E-state index in [-0.39, 0.29) is 11.7 Å². The van der Waals surface area contributed by atoms with Crippen LogP contribution in [-0.2, 0) is 0 Å². The van der Waals surface area contributed by atoms with Crippen LogP contribution in [0.25, 0.3) is 0 Å². The van der Waals surface area contributed by atoms with Crippen LogP contribution in [0.4, 0.5) is 11.6 Å². The molecule has 5 N–H and O–H groups in total. The molecule has 0 fully saturated rings. The fourth-order valence-corrected chi connectivity index (χ4v) is 3.09. The van der Waals surface area contributed by atoms with Gasteiger partial charge in [-0.25, -0.2) is 9.98 Å². The maximum absolute atomic E-state index is 8.93. The minimum absolute atomic E-state index is 0.130. The largest absolute Gasteiger partial charge is 0.396 e. The number of aromatic nitrogens is 1. The number of nitrogens with two attached hydrogens (primary N) is 1. The van der Waals surface area contributed by atoms with Gasteiger partial charge in [0, 0.05) is 22.9 Å². The number of amidine groups is 1. The molecule has 0 spiro atoms. The highest BCUT2D eigenvalue weighted by Crippen LogP contribution is 2.30. The van der Waals surface area contributed by atoms with Gasteiger partial charge < -0.3 is 21.5 Å². The molecule has 0 saturated heterocycles. The Morgan fingerprint density at radius 3 is 2.64 bits per heavy atom. The molecule has 2 aromatic rings. The van der Waals surface area contributed by atoms with Crippen molar-refractivity contribution in [3.8, 4) is 0 Å². The molecule has 6 nitrogen and oxygen atoms in total. The summed E-state index contributed by atoms with van der Waals surface area (Å²) in [6.45, 7) is 2.43. The highest BCUT2D eigenvalue weighted by atomic mass is 32.2. The van der Waals surface area contributed by atoms with Crippen LogP contribution in [0.5, 0.6) is 0 Å². The molecule has 0 amide bonds. The smallest absolute Gasteiger partial charge is 0.200 e. The van der Waals surface area contributed by atoms with Crippen LogP contribution in [0.1, 0.15) is 13.3 Å². The molecule has 2 rings (SSSR count). The number of nitrogens with one attached hydrogen (secondary N) is 2. The molecule has 1 aromatic heterocycles. The molecule has 0 aliphatic rings. The maximum Gasteiger partial charge on any atom is 0.200 e. The zero-order valence-electron chi connectivity index (χ0n) is 13.9. The topological polar surface area (TPSA) is 95.6 Å². The molecular formula is C17H21N5OS2. The number of anilines is 2. The summed E-state index contributed by atoms with van der Waals surface area (Å²) in [5.74, 6) is 1.67. The van der Waals surface area contributed by atoms with E-state index in [4.69, 9.17) is 23.1 Å². The Bertz CT molecular complexity index is 733. The van der Waals surface area contributed by atoms with Gasteiger partial charge in [0.1, 0.15) is 11.6 Å². The molecule has 8 heteroatoms. The van der Waals surface area contributed by atoms with Crippen molar-refractivity contribution in [1.82, 2.24) is 4.98 Å². The van der Waals surface area contributed by atoms with Gasteiger partial charge in [0.25, 0.3) is 0 Å². The quantitative estimate of drug-likeness (QED) is 0.256. The van der Waals surface area contributed by atoms with Crippen LogP contribution >= 0.6 is 24.0 Å². The molecule has 0 unspecified atom stereocenters. The Kier molecular flexibility index (Phi) is 7.65. The van der Waals surface area contributed by atoms with E-state index >= 15 is 0 Å². The van der Waals surface area contributed by atoms with Crippen LogP contribution in [0.15, 0.2) is 57.2 Å². The first-order valence-electron chi connectivity index (χ1n) is 7.78. The molecule has 0 aliphatic heterocycles. The zero-order chi connectivity index (χ0) is 18.1. The number of aliphatic hydroxyl groups is 1. The Morgan fingerprint density at radius 1 is 1.24 bits per heavy atom. The third-order valence-corrected chi connectivity index (χ3v) is 4.10. The molecule has 0 atom stereocenters. The van der Waals surface area contributed by atoms with Gasteiger partial charge in [0.05, 0.1) is 5.84 Å². The summed E-state index contributed by atoms with van der Waals surface area (Å²) in [5, 5.41) is 15.4. The van der Waals surface area contributed by atoms with E-state index in [9.17, 15) is 0 Å². The average molecular weight is 376 g/mol. The SMILES string of the molecule is C/C(N)=N/C(=S)Nc1cc(Sc2ccccc2)cc(NCCCO)n1. The summed E-state index contributed by atoms with van der Waals surface area (Å²) in [6, 6.07) is 13.9. The first-order chi connectivity index (χ1) is 12.1. The molecule has 0 saturated carbocycles. The number of hydrogen-bond donors (Lipinski definition) is 4. The molecule has 1 aromatic carbocycles. The van der Waals surface area contributed by atoms with Crippen LogP contribution in [0, 0.1) is 0 Å². The first-order valence-corrected chi connectivity index (χ1v) is 9.01. The van der Waals surface area contributed by atoms with Crippen molar-refractivity contribution >= 4 is 46.6 Å². The van der Waals surface area contributed by atoms with E-state index in [2.05, 4.69) is 20.6 Å². The van der Waals surface area contributed by atoms with E-state index in [0.29, 0.717) is 30.4 Å². The lowest BCUT2D eigenvalue weighted by molar-refractivity contribution is 0.292. The molecule has 0 aliphatic carbocycles. The summed E-state index contributed by atoms with van der Waals surface area (Å²) < 4.78 is 0. The third kappa shape index (κ3) is 7.08. The highest BCUT2D eigenvalue weighted by Gasteiger charge is 2.06. The van der Waals surface area contributed by atoms with Crippen molar-refractivity contribution in [2.45, 2.75) is 23.1 Å². The Morgan fingerprint density at radius 2 is 1.96 bits per heavy atom. The van der Waals surface area contributed by atoms with Gasteiger partial charge in [-0.05, 0) is 49.8 Å². The van der Waals surface area contributed by atoms with Gasteiger partial charge >= 0.3 is 0 Å². The molecule has 0 bridgehead atoms. The van der Waals surface area contributed by atoms with E-state index in [1.807, 2.05) is 42.5 Å². The third-order valence-electron chi connectivity index (χ3n) is 2.93. The molecule has 25 heavy (non-hydrogen) atoms. The molecule has 1 heterocycles. The van der Waals surface area contributed by atoms with Gasteiger partial charge in [-0.2, -0.15) is 0 Å². The minimum Gasteiger partial charge on any atom is -0.396 e. The number of benzene rings is 1. The summed E-state index contributed by atoms with van der Waals surface area (Å²) in [5.41, 5.74) is 5.55. The normalized spacial score (nSPS) is 11.2. The van der Waals surface area contributed by atoms with Crippen LogP contribution in [-0.4, -0.2) is 34.2 Å². The van der Waals surface area contributed by atoms with E-state index in [1.165, 1.54) is 0 Å². The Labute approximate surface area is 157 Å². The number of thiocarbonyl (C=S) groups is 1. The van der Waals surface area contributed by atoms with Crippen LogP contribution in [0.3, 0.4) is 0 Å². The van der Waals surface area contributed by atoms with Gasteiger partial charge in [-0.1, -0.05) is 30.0 Å². The monoisotopic (exact) mass is 375 g/mol. The molecule has 132 valence electrons. The molecule has 0 radical (unpaired) electrons. The number of aliphatic hydroxyl groups excluding tert-OH is 1. The van der Waals surface area contributed by atoms with E-state index < -0.39 is 0 Å². The summed E-state index contributed by atoms with van der Waals surface area (Å²) >= 11 is 6.78. The maximum atomic E-state index is 8.93. The fourth-order valence-electron chi connectivity index (χ4n) is 1.94. The number of hydrogen-bond acceptors (Lipinski definition) is 5. The molecular weight excluding hydrogens is 354 g/mol. The minimum atomic E-state index is 0.130. The van der Waals surface area contributed by atoms with Crippen molar-refractivity contribution in [2.24, 2.45) is 10.7 Å². The van der Waals surface area contributed by atoms with Crippen molar-refractivity contribution in [3.05, 3.63) is 42.5 Å². The predicted octanol–water partition coefficient (Wildman–Crippen LogP) is 3.10. The second-order valence-electron chi connectivity index (χ2n) is 5.18. The van der Waals surface area contributed by atoms with Gasteiger partial charge in [0.15, 0.2) is 5.11 Å². The van der Waals surface area contributed by atoms with Gasteiger partial charge in [-0.3, -0.25) is 0 Å². The van der Waals surface area contributed by atoms with E-state index in [1.54, 1.807) is 18.7 Å².